The van der Waals surface area contributed by atoms with Crippen LogP contribution >= 0.6 is 11.3 Å². The van der Waals surface area contributed by atoms with Crippen LogP contribution in [0, 0.1) is 26.7 Å². The second-order valence-corrected chi connectivity index (χ2v) is 9.03. The van der Waals surface area contributed by atoms with E-state index in [0.717, 1.165) is 51.9 Å². The molecular weight excluding hydrogens is 370 g/mol. The Kier molecular flexibility index (Phi) is 4.83. The van der Waals surface area contributed by atoms with Gasteiger partial charge in [0.25, 0.3) is 5.56 Å². The molecule has 1 amide bonds. The lowest BCUT2D eigenvalue weighted by Gasteiger charge is -2.17. The van der Waals surface area contributed by atoms with E-state index in [1.807, 2.05) is 32.0 Å². The van der Waals surface area contributed by atoms with Crippen molar-refractivity contribution in [3.63, 3.8) is 0 Å². The molecule has 2 aromatic heterocycles. The first kappa shape index (κ1) is 18.9. The third-order valence-electron chi connectivity index (χ3n) is 5.56. The summed E-state index contributed by atoms with van der Waals surface area (Å²) in [5.41, 5.74) is 3.99. The summed E-state index contributed by atoms with van der Waals surface area (Å²) in [6, 6.07) is 5.89. The van der Waals surface area contributed by atoms with E-state index in [1.165, 1.54) is 9.44 Å². The summed E-state index contributed by atoms with van der Waals surface area (Å²) in [7, 11) is 0. The van der Waals surface area contributed by atoms with Crippen molar-refractivity contribution in [3.8, 4) is 0 Å². The monoisotopic (exact) mass is 395 g/mol. The molecule has 0 radical (unpaired) electrons. The molecule has 0 aliphatic heterocycles. The summed E-state index contributed by atoms with van der Waals surface area (Å²) in [5.74, 6) is 1.02. The molecule has 0 spiro atoms. The smallest absolute Gasteiger partial charge is 0.263 e. The fourth-order valence-corrected chi connectivity index (χ4v) is 5.42. The molecule has 1 atom stereocenters. The van der Waals surface area contributed by atoms with Crippen LogP contribution in [0.15, 0.2) is 23.0 Å². The molecule has 0 saturated heterocycles. The highest BCUT2D eigenvalue weighted by Gasteiger charge is 2.24. The Hall–Kier alpha value is -2.47. The van der Waals surface area contributed by atoms with Gasteiger partial charge in [-0.05, 0) is 63.1 Å². The third-order valence-corrected chi connectivity index (χ3v) is 6.71. The largest absolute Gasteiger partial charge is 0.324 e. The van der Waals surface area contributed by atoms with Gasteiger partial charge in [-0.25, -0.2) is 4.98 Å². The van der Waals surface area contributed by atoms with Gasteiger partial charge in [-0.15, -0.1) is 11.3 Å². The van der Waals surface area contributed by atoms with E-state index in [4.69, 9.17) is 0 Å². The summed E-state index contributed by atoms with van der Waals surface area (Å²) >= 11 is 1.64. The van der Waals surface area contributed by atoms with E-state index in [1.54, 1.807) is 18.3 Å². The Balaban J connectivity index is 1.67. The quantitative estimate of drug-likeness (QED) is 0.725. The Morgan fingerprint density at radius 3 is 2.86 bits per heavy atom. The number of nitrogens with one attached hydrogen (secondary N) is 1. The number of aromatic nitrogens is 2. The van der Waals surface area contributed by atoms with E-state index in [-0.39, 0.29) is 18.0 Å². The number of hydrogen-bond donors (Lipinski definition) is 1. The van der Waals surface area contributed by atoms with Crippen molar-refractivity contribution in [2.45, 2.75) is 53.5 Å². The number of thiophene rings is 1. The summed E-state index contributed by atoms with van der Waals surface area (Å²) < 4.78 is 1.51. The number of fused-ring (bicyclic) bond motifs is 3. The standard InChI is InChI=1S/C22H25N3O2S/c1-12-6-8-17(14(3)9-12)24-19(26)11-25-15(4)23-21-20(22(25)27)16-7-5-13(2)10-18(16)28-21/h6,8-9,13H,5,7,10-11H2,1-4H3,(H,24,26). The second-order valence-electron chi connectivity index (χ2n) is 7.95. The summed E-state index contributed by atoms with van der Waals surface area (Å²) in [5, 5.41) is 3.65. The van der Waals surface area contributed by atoms with Gasteiger partial charge in [0.05, 0.1) is 5.39 Å². The van der Waals surface area contributed by atoms with Crippen molar-refractivity contribution in [1.82, 2.24) is 9.55 Å². The van der Waals surface area contributed by atoms with Crippen LogP contribution in [-0.4, -0.2) is 15.5 Å². The maximum absolute atomic E-state index is 13.2. The minimum absolute atomic E-state index is 0.0258. The summed E-state index contributed by atoms with van der Waals surface area (Å²) in [6.07, 6.45) is 3.03. The molecule has 1 unspecified atom stereocenters. The fraction of sp³-hybridized carbons (Fsp3) is 0.409. The van der Waals surface area contributed by atoms with E-state index < -0.39 is 0 Å². The molecule has 1 aromatic carbocycles. The number of aryl methyl sites for hydroxylation is 4. The lowest BCUT2D eigenvalue weighted by atomic mass is 9.89. The zero-order valence-corrected chi connectivity index (χ0v) is 17.6. The van der Waals surface area contributed by atoms with E-state index in [0.29, 0.717) is 11.7 Å². The topological polar surface area (TPSA) is 64.0 Å². The number of nitrogens with zero attached hydrogens (tertiary/aromatic N) is 2. The number of amides is 1. The molecule has 1 aliphatic rings. The molecular formula is C22H25N3O2S. The van der Waals surface area contributed by atoms with Crippen LogP contribution < -0.4 is 10.9 Å². The second kappa shape index (κ2) is 7.17. The Labute approximate surface area is 168 Å². The van der Waals surface area contributed by atoms with Crippen molar-refractivity contribution >= 4 is 33.1 Å². The Bertz CT molecular complexity index is 1140. The van der Waals surface area contributed by atoms with Crippen molar-refractivity contribution in [1.29, 1.82) is 0 Å². The lowest BCUT2D eigenvalue weighted by molar-refractivity contribution is -0.116. The van der Waals surface area contributed by atoms with Gasteiger partial charge in [0.15, 0.2) is 0 Å². The van der Waals surface area contributed by atoms with Crippen LogP contribution in [0.25, 0.3) is 10.2 Å². The molecule has 6 heteroatoms. The van der Waals surface area contributed by atoms with Crippen LogP contribution in [0.5, 0.6) is 0 Å². The SMILES string of the molecule is Cc1ccc(NC(=O)Cn2c(C)nc3sc4c(c3c2=O)CCC(C)C4)c(C)c1. The summed E-state index contributed by atoms with van der Waals surface area (Å²) in [6.45, 7) is 8.01. The van der Waals surface area contributed by atoms with Gasteiger partial charge >= 0.3 is 0 Å². The maximum atomic E-state index is 13.2. The first-order chi connectivity index (χ1) is 13.3. The van der Waals surface area contributed by atoms with Gasteiger partial charge in [0.1, 0.15) is 17.2 Å². The molecule has 2 heterocycles. The average molecular weight is 396 g/mol. The molecule has 1 aliphatic carbocycles. The Morgan fingerprint density at radius 2 is 2.11 bits per heavy atom. The van der Waals surface area contributed by atoms with Crippen molar-refractivity contribution in [3.05, 3.63) is 55.9 Å². The maximum Gasteiger partial charge on any atom is 0.263 e. The van der Waals surface area contributed by atoms with Crippen molar-refractivity contribution < 1.29 is 4.79 Å². The first-order valence-electron chi connectivity index (χ1n) is 9.72. The number of carbonyl (C=O) groups is 1. The molecule has 0 bridgehead atoms. The van der Waals surface area contributed by atoms with Crippen LogP contribution in [0.4, 0.5) is 5.69 Å². The van der Waals surface area contributed by atoms with Gasteiger partial charge in [-0.1, -0.05) is 24.6 Å². The van der Waals surface area contributed by atoms with Gasteiger partial charge < -0.3 is 5.32 Å². The van der Waals surface area contributed by atoms with Crippen LogP contribution in [0.1, 0.15) is 40.7 Å². The highest BCUT2D eigenvalue weighted by atomic mass is 32.1. The van der Waals surface area contributed by atoms with Gasteiger partial charge in [0.2, 0.25) is 5.91 Å². The number of benzene rings is 1. The number of anilines is 1. The molecule has 4 rings (SSSR count). The molecule has 5 nitrogen and oxygen atoms in total. The normalized spacial score (nSPS) is 16.2. The number of rotatable bonds is 3. The molecule has 146 valence electrons. The third kappa shape index (κ3) is 3.37. The van der Waals surface area contributed by atoms with Crippen molar-refractivity contribution in [2.75, 3.05) is 5.32 Å². The Morgan fingerprint density at radius 1 is 1.32 bits per heavy atom. The number of carbonyl (C=O) groups excluding carboxylic acids is 1. The molecule has 28 heavy (non-hydrogen) atoms. The molecule has 0 fully saturated rings. The minimum Gasteiger partial charge on any atom is -0.324 e. The van der Waals surface area contributed by atoms with Crippen molar-refractivity contribution in [2.24, 2.45) is 5.92 Å². The fourth-order valence-electron chi connectivity index (χ4n) is 4.00. The number of hydrogen-bond acceptors (Lipinski definition) is 4. The molecule has 1 N–H and O–H groups in total. The minimum atomic E-state index is -0.212. The lowest BCUT2D eigenvalue weighted by Crippen LogP contribution is -2.30. The van der Waals surface area contributed by atoms with E-state index in [9.17, 15) is 9.59 Å². The zero-order chi connectivity index (χ0) is 20.0. The van der Waals surface area contributed by atoms with Crippen LogP contribution in [-0.2, 0) is 24.2 Å². The predicted molar refractivity (Wildman–Crippen MR) is 114 cm³/mol. The van der Waals surface area contributed by atoms with Crippen LogP contribution in [0.2, 0.25) is 0 Å². The van der Waals surface area contributed by atoms with Gasteiger partial charge in [-0.2, -0.15) is 0 Å². The highest BCUT2D eigenvalue weighted by Crippen LogP contribution is 2.35. The van der Waals surface area contributed by atoms with E-state index >= 15 is 0 Å². The summed E-state index contributed by atoms with van der Waals surface area (Å²) in [4.78, 5) is 32.6. The molecule has 3 aromatic rings. The van der Waals surface area contributed by atoms with E-state index in [2.05, 4.69) is 17.2 Å². The molecule has 0 saturated carbocycles. The van der Waals surface area contributed by atoms with Gasteiger partial charge in [-0.3, -0.25) is 14.2 Å². The zero-order valence-electron chi connectivity index (χ0n) is 16.8. The highest BCUT2D eigenvalue weighted by molar-refractivity contribution is 7.18. The van der Waals surface area contributed by atoms with Crippen LogP contribution in [0.3, 0.4) is 0 Å². The first-order valence-corrected chi connectivity index (χ1v) is 10.5. The van der Waals surface area contributed by atoms with Gasteiger partial charge in [0, 0.05) is 10.6 Å². The average Bonchev–Trinajstić information content (AvgIpc) is 2.98. The predicted octanol–water partition coefficient (Wildman–Crippen LogP) is 4.15.